The minimum atomic E-state index is 0.148. The van der Waals surface area contributed by atoms with E-state index in [1.165, 1.54) is 10.5 Å². The van der Waals surface area contributed by atoms with Gasteiger partial charge in [-0.25, -0.2) is 0 Å². The van der Waals surface area contributed by atoms with Crippen molar-refractivity contribution >= 4 is 17.7 Å². The number of thioether (sulfide) groups is 1. The van der Waals surface area contributed by atoms with Gasteiger partial charge >= 0.3 is 0 Å². The van der Waals surface area contributed by atoms with E-state index in [9.17, 15) is 4.79 Å². The van der Waals surface area contributed by atoms with Gasteiger partial charge in [-0.3, -0.25) is 4.79 Å². The molecule has 0 aromatic heterocycles. The van der Waals surface area contributed by atoms with Crippen LogP contribution < -0.4 is 10.6 Å². The van der Waals surface area contributed by atoms with Gasteiger partial charge in [-0.1, -0.05) is 17.7 Å². The summed E-state index contributed by atoms with van der Waals surface area (Å²) in [5.41, 5.74) is 1.28. The van der Waals surface area contributed by atoms with Crippen LogP contribution >= 0.6 is 11.8 Å². The molecule has 18 heavy (non-hydrogen) atoms. The molecule has 0 heterocycles. The minimum Gasteiger partial charge on any atom is -0.355 e. The number of hydrogen-bond acceptors (Lipinski definition) is 3. The van der Waals surface area contributed by atoms with E-state index in [4.69, 9.17) is 0 Å². The summed E-state index contributed by atoms with van der Waals surface area (Å²) < 4.78 is 0. The Morgan fingerprint density at radius 2 is 1.94 bits per heavy atom. The van der Waals surface area contributed by atoms with Gasteiger partial charge in [0.05, 0.1) is 0 Å². The molecule has 0 aliphatic heterocycles. The minimum absolute atomic E-state index is 0.148. The van der Waals surface area contributed by atoms with E-state index >= 15 is 0 Å². The Kier molecular flexibility index (Phi) is 7.53. The van der Waals surface area contributed by atoms with Crippen LogP contribution in [0, 0.1) is 6.92 Å². The topological polar surface area (TPSA) is 41.1 Å². The van der Waals surface area contributed by atoms with Crippen molar-refractivity contribution in [3.63, 3.8) is 0 Å². The van der Waals surface area contributed by atoms with Crippen molar-refractivity contribution in [3.8, 4) is 0 Å². The molecule has 0 radical (unpaired) electrons. The molecule has 0 saturated heterocycles. The molecule has 2 N–H and O–H groups in total. The molecule has 100 valence electrons. The number of carbonyl (C=O) groups excluding carboxylic acids is 1. The van der Waals surface area contributed by atoms with Crippen LogP contribution in [0.4, 0.5) is 0 Å². The van der Waals surface area contributed by atoms with E-state index in [0.29, 0.717) is 6.42 Å². The van der Waals surface area contributed by atoms with Crippen LogP contribution in [-0.4, -0.2) is 31.8 Å². The van der Waals surface area contributed by atoms with Crippen LogP contribution in [0.2, 0.25) is 0 Å². The number of benzene rings is 1. The highest BCUT2D eigenvalue weighted by Crippen LogP contribution is 2.17. The summed E-state index contributed by atoms with van der Waals surface area (Å²) in [7, 11) is 1.90. The third-order valence-electron chi connectivity index (χ3n) is 2.54. The lowest BCUT2D eigenvalue weighted by Gasteiger charge is -2.05. The molecule has 0 spiro atoms. The zero-order chi connectivity index (χ0) is 13.2. The largest absolute Gasteiger partial charge is 0.355 e. The fraction of sp³-hybridized carbons (Fsp3) is 0.500. The van der Waals surface area contributed by atoms with Crippen LogP contribution in [-0.2, 0) is 4.79 Å². The maximum atomic E-state index is 11.4. The zero-order valence-corrected chi connectivity index (χ0v) is 12.0. The molecule has 0 fully saturated rings. The number of amides is 1. The number of nitrogens with one attached hydrogen (secondary N) is 2. The molecule has 1 aromatic rings. The lowest BCUT2D eigenvalue weighted by atomic mass is 10.2. The fourth-order valence-corrected chi connectivity index (χ4v) is 2.28. The third kappa shape index (κ3) is 6.67. The summed E-state index contributed by atoms with van der Waals surface area (Å²) in [6.45, 7) is 3.71. The summed E-state index contributed by atoms with van der Waals surface area (Å²) in [6, 6.07) is 8.46. The van der Waals surface area contributed by atoms with Gasteiger partial charge in [0.25, 0.3) is 0 Å². The molecular formula is C14H22N2OS. The summed E-state index contributed by atoms with van der Waals surface area (Å²) in [5.74, 6) is 1.07. The van der Waals surface area contributed by atoms with Crippen molar-refractivity contribution in [2.45, 2.75) is 24.7 Å². The van der Waals surface area contributed by atoms with Crippen LogP contribution in [0.25, 0.3) is 0 Å². The maximum absolute atomic E-state index is 11.4. The summed E-state index contributed by atoms with van der Waals surface area (Å²) in [4.78, 5) is 12.7. The first-order valence-corrected chi connectivity index (χ1v) is 7.31. The average Bonchev–Trinajstić information content (AvgIpc) is 2.37. The van der Waals surface area contributed by atoms with Crippen molar-refractivity contribution in [3.05, 3.63) is 29.8 Å². The molecule has 1 rings (SSSR count). The Bertz CT molecular complexity index is 351. The normalized spacial score (nSPS) is 10.3. The fourth-order valence-electron chi connectivity index (χ4n) is 1.51. The molecular weight excluding hydrogens is 244 g/mol. The van der Waals surface area contributed by atoms with E-state index in [1.807, 2.05) is 7.05 Å². The van der Waals surface area contributed by atoms with Gasteiger partial charge < -0.3 is 10.6 Å². The first kappa shape index (κ1) is 15.1. The molecule has 0 saturated carbocycles. The lowest BCUT2D eigenvalue weighted by molar-refractivity contribution is -0.121. The number of rotatable bonds is 8. The van der Waals surface area contributed by atoms with Gasteiger partial charge in [0.2, 0.25) is 5.91 Å². The molecule has 3 nitrogen and oxygen atoms in total. The zero-order valence-electron chi connectivity index (χ0n) is 11.2. The molecule has 0 aliphatic carbocycles. The van der Waals surface area contributed by atoms with E-state index in [2.05, 4.69) is 41.8 Å². The van der Waals surface area contributed by atoms with Crippen LogP contribution in [0.1, 0.15) is 18.4 Å². The summed E-state index contributed by atoms with van der Waals surface area (Å²) >= 11 is 1.77. The van der Waals surface area contributed by atoms with Crippen molar-refractivity contribution in [2.24, 2.45) is 0 Å². The molecule has 4 heteroatoms. The Hall–Kier alpha value is -1.00. The average molecular weight is 266 g/mol. The second-order valence-corrected chi connectivity index (χ2v) is 5.39. The highest BCUT2D eigenvalue weighted by molar-refractivity contribution is 7.99. The summed E-state index contributed by atoms with van der Waals surface area (Å²) in [5, 5.41) is 5.97. The maximum Gasteiger partial charge on any atom is 0.220 e. The van der Waals surface area contributed by atoms with E-state index in [1.54, 1.807) is 11.8 Å². The summed E-state index contributed by atoms with van der Waals surface area (Å²) in [6.07, 6.45) is 1.50. The Labute approximate surface area is 114 Å². The second kappa shape index (κ2) is 9.00. The van der Waals surface area contributed by atoms with Gasteiger partial charge in [-0.2, -0.15) is 0 Å². The van der Waals surface area contributed by atoms with E-state index in [-0.39, 0.29) is 5.91 Å². The second-order valence-electron chi connectivity index (χ2n) is 4.22. The number of hydrogen-bond donors (Lipinski definition) is 2. The smallest absolute Gasteiger partial charge is 0.220 e. The van der Waals surface area contributed by atoms with Gasteiger partial charge in [0.15, 0.2) is 0 Å². The predicted octanol–water partition coefficient (Wildman–Crippen LogP) is 2.20. The monoisotopic (exact) mass is 266 g/mol. The molecule has 1 aromatic carbocycles. The van der Waals surface area contributed by atoms with Gasteiger partial charge in [-0.05, 0) is 39.1 Å². The molecule has 0 atom stereocenters. The number of aryl methyl sites for hydroxylation is 1. The van der Waals surface area contributed by atoms with Crippen LogP contribution in [0.15, 0.2) is 29.2 Å². The third-order valence-corrected chi connectivity index (χ3v) is 3.56. The quantitative estimate of drug-likeness (QED) is 0.560. The van der Waals surface area contributed by atoms with Crippen LogP contribution in [0.5, 0.6) is 0 Å². The SMILES string of the molecule is CNCCCC(=O)NCCSc1ccc(C)cc1. The predicted molar refractivity (Wildman–Crippen MR) is 78.1 cm³/mol. The van der Waals surface area contributed by atoms with Gasteiger partial charge in [0.1, 0.15) is 0 Å². The molecule has 0 aliphatic rings. The van der Waals surface area contributed by atoms with Crippen molar-refractivity contribution in [2.75, 3.05) is 25.9 Å². The van der Waals surface area contributed by atoms with Crippen molar-refractivity contribution in [1.82, 2.24) is 10.6 Å². The van der Waals surface area contributed by atoms with E-state index < -0.39 is 0 Å². The first-order valence-electron chi connectivity index (χ1n) is 6.33. The van der Waals surface area contributed by atoms with Gasteiger partial charge in [-0.15, -0.1) is 11.8 Å². The lowest BCUT2D eigenvalue weighted by Crippen LogP contribution is -2.26. The molecule has 1 amide bonds. The van der Waals surface area contributed by atoms with E-state index in [0.717, 1.165) is 25.3 Å². The Morgan fingerprint density at radius 3 is 2.61 bits per heavy atom. The van der Waals surface area contributed by atoms with Gasteiger partial charge in [0, 0.05) is 23.6 Å². The highest BCUT2D eigenvalue weighted by atomic mass is 32.2. The van der Waals surface area contributed by atoms with Crippen molar-refractivity contribution in [1.29, 1.82) is 0 Å². The first-order chi connectivity index (χ1) is 8.72. The Morgan fingerprint density at radius 1 is 1.22 bits per heavy atom. The molecule has 0 unspecified atom stereocenters. The standard InChI is InChI=1S/C14H22N2OS/c1-12-5-7-13(8-6-12)18-11-10-16-14(17)4-3-9-15-2/h5-8,15H,3-4,9-11H2,1-2H3,(H,16,17). The number of carbonyl (C=O) groups is 1. The Balaban J connectivity index is 2.07. The van der Waals surface area contributed by atoms with Crippen LogP contribution in [0.3, 0.4) is 0 Å². The van der Waals surface area contributed by atoms with Crippen molar-refractivity contribution < 1.29 is 4.79 Å². The highest BCUT2D eigenvalue weighted by Gasteiger charge is 2.00. The molecule has 0 bridgehead atoms.